The summed E-state index contributed by atoms with van der Waals surface area (Å²) >= 11 is 0. The molecule has 0 aliphatic carbocycles. The first-order chi connectivity index (χ1) is 14.8. The van der Waals surface area contributed by atoms with Gasteiger partial charge in [-0.05, 0) is 60.2 Å². The van der Waals surface area contributed by atoms with Gasteiger partial charge < -0.3 is 14.8 Å². The summed E-state index contributed by atoms with van der Waals surface area (Å²) in [5, 5.41) is 3.19. The molecule has 168 valence electrons. The van der Waals surface area contributed by atoms with E-state index in [4.69, 9.17) is 9.47 Å². The summed E-state index contributed by atoms with van der Waals surface area (Å²) in [6.45, 7) is 7.50. The monoisotopic (exact) mass is 428 g/mol. The number of carbonyl (C=O) groups excluding carboxylic acids is 1. The molecule has 3 rings (SSSR count). The molecular weight excluding hydrogens is 395 g/mol. The van der Waals surface area contributed by atoms with E-state index in [0.717, 1.165) is 24.1 Å². The van der Waals surface area contributed by atoms with Crippen molar-refractivity contribution in [1.82, 2.24) is 10.2 Å². The molecule has 0 saturated carbocycles. The molecule has 0 saturated heterocycles. The lowest BCUT2D eigenvalue weighted by Crippen LogP contribution is -2.47. The van der Waals surface area contributed by atoms with Crippen LogP contribution in [0, 0.1) is 11.7 Å². The van der Waals surface area contributed by atoms with Crippen LogP contribution >= 0.6 is 0 Å². The Bertz CT molecular complexity index is 916. The number of amides is 1. The molecule has 0 bridgehead atoms. The first-order valence-corrected chi connectivity index (χ1v) is 10.8. The zero-order valence-electron chi connectivity index (χ0n) is 19.1. The van der Waals surface area contributed by atoms with Crippen LogP contribution in [0.15, 0.2) is 36.4 Å². The van der Waals surface area contributed by atoms with Crippen LogP contribution < -0.4 is 14.8 Å². The lowest BCUT2D eigenvalue weighted by atomic mass is 9.87. The van der Waals surface area contributed by atoms with Crippen molar-refractivity contribution in [3.63, 3.8) is 0 Å². The van der Waals surface area contributed by atoms with Crippen molar-refractivity contribution in [3.05, 3.63) is 58.9 Å². The van der Waals surface area contributed by atoms with Gasteiger partial charge in [0, 0.05) is 25.6 Å². The number of ether oxygens (including phenoxy) is 2. The number of carbonyl (C=O) groups is 1. The first kappa shape index (κ1) is 23.1. The van der Waals surface area contributed by atoms with Crippen molar-refractivity contribution in [2.24, 2.45) is 5.92 Å². The van der Waals surface area contributed by atoms with E-state index in [1.807, 2.05) is 39.0 Å². The quantitative estimate of drug-likeness (QED) is 0.673. The Kier molecular flexibility index (Phi) is 7.55. The van der Waals surface area contributed by atoms with Gasteiger partial charge in [0.25, 0.3) is 0 Å². The predicted molar refractivity (Wildman–Crippen MR) is 120 cm³/mol. The summed E-state index contributed by atoms with van der Waals surface area (Å²) in [6, 6.07) is 10.6. The number of rotatable bonds is 8. The number of nitrogens with zero attached hydrogens (tertiary/aromatic N) is 1. The Morgan fingerprint density at radius 2 is 1.87 bits per heavy atom. The second-order valence-corrected chi connectivity index (χ2v) is 8.66. The maximum Gasteiger partial charge on any atom is 0.220 e. The molecule has 1 aliphatic heterocycles. The summed E-state index contributed by atoms with van der Waals surface area (Å²) in [4.78, 5) is 14.8. The summed E-state index contributed by atoms with van der Waals surface area (Å²) in [5.74, 6) is 1.46. The Morgan fingerprint density at radius 3 is 2.52 bits per heavy atom. The van der Waals surface area contributed by atoms with Crippen LogP contribution in [0.2, 0.25) is 0 Å². The standard InChI is InChI=1S/C25H33FN2O3/c1-16(2)11-24(29)27-17(3)25-21-14-23(31-5)22(30-4)13-19(21)9-10-28(25)15-18-7-6-8-20(26)12-18/h6-8,12-14,16-17,25H,9-11,15H2,1-5H3,(H,27,29)/t17-,25+/m0/s1. The van der Waals surface area contributed by atoms with E-state index < -0.39 is 0 Å². The van der Waals surface area contributed by atoms with Gasteiger partial charge in [0.1, 0.15) is 5.82 Å². The Balaban J connectivity index is 1.96. The van der Waals surface area contributed by atoms with Crippen LogP contribution in [0.5, 0.6) is 11.5 Å². The fourth-order valence-electron chi connectivity index (χ4n) is 4.42. The fourth-order valence-corrected chi connectivity index (χ4v) is 4.42. The molecule has 31 heavy (non-hydrogen) atoms. The Hall–Kier alpha value is -2.60. The molecule has 1 aliphatic rings. The van der Waals surface area contributed by atoms with Crippen LogP contribution in [0.1, 0.15) is 49.9 Å². The van der Waals surface area contributed by atoms with Crippen LogP contribution in [0.3, 0.4) is 0 Å². The molecule has 2 aromatic rings. The van der Waals surface area contributed by atoms with Gasteiger partial charge in [0.2, 0.25) is 5.91 Å². The van der Waals surface area contributed by atoms with Crippen molar-refractivity contribution in [1.29, 1.82) is 0 Å². The molecule has 0 spiro atoms. The molecule has 5 nitrogen and oxygen atoms in total. The number of hydrogen-bond donors (Lipinski definition) is 1. The van der Waals surface area contributed by atoms with Crippen molar-refractivity contribution >= 4 is 5.91 Å². The molecule has 1 amide bonds. The molecule has 0 aromatic heterocycles. The minimum Gasteiger partial charge on any atom is -0.493 e. The highest BCUT2D eigenvalue weighted by atomic mass is 19.1. The van der Waals surface area contributed by atoms with E-state index in [1.165, 1.54) is 11.6 Å². The van der Waals surface area contributed by atoms with E-state index in [0.29, 0.717) is 30.4 Å². The second-order valence-electron chi connectivity index (χ2n) is 8.66. The minimum absolute atomic E-state index is 0.0424. The van der Waals surface area contributed by atoms with Gasteiger partial charge in [-0.3, -0.25) is 9.69 Å². The molecule has 6 heteroatoms. The van der Waals surface area contributed by atoms with Crippen molar-refractivity contribution in [2.75, 3.05) is 20.8 Å². The third kappa shape index (κ3) is 5.56. The van der Waals surface area contributed by atoms with Crippen LogP contribution in [-0.2, 0) is 17.8 Å². The highest BCUT2D eigenvalue weighted by Gasteiger charge is 2.33. The SMILES string of the molecule is COc1cc2c(cc1OC)[C@@H]([C@H](C)NC(=O)CC(C)C)N(Cc1cccc(F)c1)CC2. The molecule has 2 atom stereocenters. The molecule has 0 fully saturated rings. The summed E-state index contributed by atoms with van der Waals surface area (Å²) in [7, 11) is 3.26. The zero-order valence-corrected chi connectivity index (χ0v) is 19.1. The van der Waals surface area contributed by atoms with E-state index in [-0.39, 0.29) is 23.8 Å². The average Bonchev–Trinajstić information content (AvgIpc) is 2.71. The van der Waals surface area contributed by atoms with E-state index >= 15 is 0 Å². The van der Waals surface area contributed by atoms with Crippen molar-refractivity contribution < 1.29 is 18.7 Å². The summed E-state index contributed by atoms with van der Waals surface area (Å²) in [5.41, 5.74) is 3.20. The number of halogens is 1. The summed E-state index contributed by atoms with van der Waals surface area (Å²) in [6.07, 6.45) is 1.33. The number of hydrogen-bond acceptors (Lipinski definition) is 4. The smallest absolute Gasteiger partial charge is 0.220 e. The Morgan fingerprint density at radius 1 is 1.16 bits per heavy atom. The normalized spacial score (nSPS) is 17.2. The maximum absolute atomic E-state index is 13.8. The third-order valence-corrected chi connectivity index (χ3v) is 5.76. The van der Waals surface area contributed by atoms with Gasteiger partial charge >= 0.3 is 0 Å². The first-order valence-electron chi connectivity index (χ1n) is 10.8. The Labute approximate surface area is 184 Å². The van der Waals surface area contributed by atoms with Crippen molar-refractivity contribution in [2.45, 2.75) is 52.2 Å². The molecule has 0 unspecified atom stereocenters. The largest absolute Gasteiger partial charge is 0.493 e. The van der Waals surface area contributed by atoms with Crippen LogP contribution in [-0.4, -0.2) is 37.6 Å². The van der Waals surface area contributed by atoms with Gasteiger partial charge in [-0.25, -0.2) is 4.39 Å². The van der Waals surface area contributed by atoms with E-state index in [9.17, 15) is 9.18 Å². The average molecular weight is 429 g/mol. The van der Waals surface area contributed by atoms with Crippen LogP contribution in [0.25, 0.3) is 0 Å². The van der Waals surface area contributed by atoms with E-state index in [2.05, 4.69) is 10.2 Å². The van der Waals surface area contributed by atoms with Crippen LogP contribution in [0.4, 0.5) is 4.39 Å². The predicted octanol–water partition coefficient (Wildman–Crippen LogP) is 4.49. The molecule has 2 aromatic carbocycles. The van der Waals surface area contributed by atoms with Gasteiger partial charge in [-0.2, -0.15) is 0 Å². The number of benzene rings is 2. The number of nitrogens with one attached hydrogen (secondary N) is 1. The lowest BCUT2D eigenvalue weighted by Gasteiger charge is -2.41. The van der Waals surface area contributed by atoms with Gasteiger partial charge in [0.15, 0.2) is 11.5 Å². The second kappa shape index (κ2) is 10.1. The lowest BCUT2D eigenvalue weighted by molar-refractivity contribution is -0.122. The molecule has 0 radical (unpaired) electrons. The van der Waals surface area contributed by atoms with Gasteiger partial charge in [-0.15, -0.1) is 0 Å². The zero-order chi connectivity index (χ0) is 22.5. The number of fused-ring (bicyclic) bond motifs is 1. The highest BCUT2D eigenvalue weighted by Crippen LogP contribution is 2.40. The maximum atomic E-state index is 13.8. The van der Waals surface area contributed by atoms with Gasteiger partial charge in [-0.1, -0.05) is 26.0 Å². The third-order valence-electron chi connectivity index (χ3n) is 5.76. The fraction of sp³-hybridized carbons (Fsp3) is 0.480. The van der Waals surface area contributed by atoms with Gasteiger partial charge in [0.05, 0.1) is 20.3 Å². The summed E-state index contributed by atoms with van der Waals surface area (Å²) < 4.78 is 24.8. The molecule has 1 heterocycles. The molecule has 1 N–H and O–H groups in total. The van der Waals surface area contributed by atoms with E-state index in [1.54, 1.807) is 26.4 Å². The van der Waals surface area contributed by atoms with Crippen molar-refractivity contribution in [3.8, 4) is 11.5 Å². The molecular formula is C25H33FN2O3. The highest BCUT2D eigenvalue weighted by molar-refractivity contribution is 5.76. The minimum atomic E-state index is -0.240. The topological polar surface area (TPSA) is 50.8 Å². The number of methoxy groups -OCH3 is 2.